The molecule has 4 amide bonds. The molecular formula is C30H46N4O10. The smallest absolute Gasteiger partial charge is 0.328 e. The van der Waals surface area contributed by atoms with Crippen LogP contribution in [-0.4, -0.2) is 92.1 Å². The lowest BCUT2D eigenvalue weighted by atomic mass is 10.0. The summed E-state index contributed by atoms with van der Waals surface area (Å²) in [5, 5.41) is 45.4. The molecule has 14 nitrogen and oxygen atoms in total. The second kappa shape index (κ2) is 19.4. The summed E-state index contributed by atoms with van der Waals surface area (Å²) >= 11 is 0. The highest BCUT2D eigenvalue weighted by atomic mass is 16.5. The molecule has 0 aliphatic carbocycles. The number of amides is 4. The Morgan fingerprint density at radius 3 is 2.55 bits per heavy atom. The molecule has 1 aromatic carbocycles. The van der Waals surface area contributed by atoms with Gasteiger partial charge in [0.05, 0.1) is 12.0 Å². The second-order valence-electron chi connectivity index (χ2n) is 11.0. The number of hydrogen-bond donors (Lipinski definition) is 6. The molecule has 1 aliphatic rings. The van der Waals surface area contributed by atoms with Gasteiger partial charge in [-0.05, 0) is 63.5 Å². The molecule has 1 fully saturated rings. The number of hydrogen-bond acceptors (Lipinski definition) is 10. The molecule has 44 heavy (non-hydrogen) atoms. The fraction of sp³-hybridized carbons (Fsp3) is 0.633. The SMILES string of the molecule is CCCCCCC[C@@H](CC(=O)N[C@H]1CCCCN(O)C1=O)OC(=O)[C@H](CCCCN(O)C=O)NC(=O)c1cccc(O)c1O. The van der Waals surface area contributed by atoms with Gasteiger partial charge in [0.2, 0.25) is 12.3 Å². The standard InChI is InChI=1S/C30H46N4O10/c1-2-3-4-5-6-12-21(19-26(37)31-23-14-8-10-18-34(43)29(23)40)44-30(41)24(15-7-9-17-33(42)20-35)32-28(39)22-13-11-16-25(36)27(22)38/h11,13,16,20-21,23-24,36,38,42-43H,2-10,12,14-15,17-19H2,1H3,(H,31,37)(H,32,39)/t21-,23-,24-/m0/s1. The zero-order chi connectivity index (χ0) is 32.5. The fourth-order valence-electron chi connectivity index (χ4n) is 4.92. The summed E-state index contributed by atoms with van der Waals surface area (Å²) in [7, 11) is 0. The van der Waals surface area contributed by atoms with E-state index in [1.165, 1.54) is 18.2 Å². The van der Waals surface area contributed by atoms with E-state index in [2.05, 4.69) is 17.6 Å². The van der Waals surface area contributed by atoms with Crippen molar-refractivity contribution < 1.29 is 49.3 Å². The van der Waals surface area contributed by atoms with Crippen LogP contribution in [-0.2, 0) is 23.9 Å². The highest BCUT2D eigenvalue weighted by Gasteiger charge is 2.31. The zero-order valence-corrected chi connectivity index (χ0v) is 25.3. The van der Waals surface area contributed by atoms with Gasteiger partial charge in [-0.1, -0.05) is 38.7 Å². The van der Waals surface area contributed by atoms with Crippen molar-refractivity contribution in [2.75, 3.05) is 13.1 Å². The van der Waals surface area contributed by atoms with Crippen LogP contribution in [0.4, 0.5) is 0 Å². The molecule has 14 heteroatoms. The van der Waals surface area contributed by atoms with Gasteiger partial charge in [-0.15, -0.1) is 0 Å². The van der Waals surface area contributed by atoms with Crippen molar-refractivity contribution in [3.05, 3.63) is 23.8 Å². The average molecular weight is 623 g/mol. The molecule has 1 aliphatic heterocycles. The summed E-state index contributed by atoms with van der Waals surface area (Å²) in [4.78, 5) is 62.4. The van der Waals surface area contributed by atoms with Gasteiger partial charge in [0.1, 0.15) is 18.2 Å². The predicted octanol–water partition coefficient (Wildman–Crippen LogP) is 2.76. The Morgan fingerprint density at radius 2 is 1.82 bits per heavy atom. The van der Waals surface area contributed by atoms with Crippen molar-refractivity contribution in [1.82, 2.24) is 20.8 Å². The van der Waals surface area contributed by atoms with Crippen molar-refractivity contribution >= 4 is 30.1 Å². The van der Waals surface area contributed by atoms with Crippen LogP contribution in [0.2, 0.25) is 0 Å². The third-order valence-electron chi connectivity index (χ3n) is 7.43. The zero-order valence-electron chi connectivity index (χ0n) is 25.3. The van der Waals surface area contributed by atoms with Crippen molar-refractivity contribution in [2.45, 2.75) is 109 Å². The highest BCUT2D eigenvalue weighted by Crippen LogP contribution is 2.28. The normalized spacial score (nSPS) is 16.4. The van der Waals surface area contributed by atoms with Crippen molar-refractivity contribution in [3.8, 4) is 11.5 Å². The van der Waals surface area contributed by atoms with Crippen molar-refractivity contribution in [3.63, 3.8) is 0 Å². The van der Waals surface area contributed by atoms with Gasteiger partial charge in [0, 0.05) is 13.1 Å². The molecule has 3 atom stereocenters. The quantitative estimate of drug-likeness (QED) is 0.0332. The van der Waals surface area contributed by atoms with Crippen LogP contribution >= 0.6 is 0 Å². The fourth-order valence-corrected chi connectivity index (χ4v) is 4.92. The van der Waals surface area contributed by atoms with E-state index in [-0.39, 0.29) is 37.9 Å². The third kappa shape index (κ3) is 12.4. The predicted molar refractivity (Wildman–Crippen MR) is 157 cm³/mol. The number of nitrogens with zero attached hydrogens (tertiary/aromatic N) is 2. The molecule has 1 saturated heterocycles. The number of carbonyl (C=O) groups is 5. The third-order valence-corrected chi connectivity index (χ3v) is 7.43. The number of rotatable bonds is 19. The van der Waals surface area contributed by atoms with E-state index in [1.807, 2.05) is 0 Å². The molecule has 0 radical (unpaired) electrons. The number of carbonyl (C=O) groups excluding carboxylic acids is 5. The summed E-state index contributed by atoms with van der Waals surface area (Å²) in [6.07, 6.45) is 6.33. The first-order chi connectivity index (χ1) is 21.1. The van der Waals surface area contributed by atoms with Crippen LogP contribution in [0.3, 0.4) is 0 Å². The van der Waals surface area contributed by atoms with Crippen LogP contribution < -0.4 is 10.6 Å². The molecule has 0 aromatic heterocycles. The summed E-state index contributed by atoms with van der Waals surface area (Å²) in [6, 6.07) is 1.71. The molecule has 0 bridgehead atoms. The summed E-state index contributed by atoms with van der Waals surface area (Å²) in [5.74, 6) is -3.96. The number of esters is 1. The van der Waals surface area contributed by atoms with Gasteiger partial charge in [0.15, 0.2) is 11.5 Å². The Labute approximate surface area is 257 Å². The maximum atomic E-state index is 13.4. The Hall–Kier alpha value is -3.91. The maximum Gasteiger partial charge on any atom is 0.328 e. The van der Waals surface area contributed by atoms with Gasteiger partial charge in [0.25, 0.3) is 11.8 Å². The number of ether oxygens (including phenoxy) is 1. The van der Waals surface area contributed by atoms with Crippen LogP contribution in [0.1, 0.15) is 101 Å². The van der Waals surface area contributed by atoms with Crippen LogP contribution in [0.5, 0.6) is 11.5 Å². The van der Waals surface area contributed by atoms with Crippen LogP contribution in [0.25, 0.3) is 0 Å². The minimum atomic E-state index is -1.22. The molecule has 246 valence electrons. The lowest BCUT2D eigenvalue weighted by Gasteiger charge is -2.24. The summed E-state index contributed by atoms with van der Waals surface area (Å²) < 4.78 is 5.75. The number of nitrogens with one attached hydrogen (secondary N) is 2. The number of benzene rings is 1. The molecule has 0 saturated carbocycles. The lowest BCUT2D eigenvalue weighted by Crippen LogP contribution is -2.47. The lowest BCUT2D eigenvalue weighted by molar-refractivity contribution is -0.167. The number of phenolic OH excluding ortho intramolecular Hbond substituents is 2. The van der Waals surface area contributed by atoms with E-state index in [1.54, 1.807) is 0 Å². The Morgan fingerprint density at radius 1 is 1.09 bits per heavy atom. The van der Waals surface area contributed by atoms with E-state index < -0.39 is 53.4 Å². The van der Waals surface area contributed by atoms with E-state index >= 15 is 0 Å². The summed E-state index contributed by atoms with van der Waals surface area (Å²) in [5.41, 5.74) is -0.261. The van der Waals surface area contributed by atoms with Gasteiger partial charge >= 0.3 is 5.97 Å². The van der Waals surface area contributed by atoms with Crippen molar-refractivity contribution in [1.29, 1.82) is 0 Å². The minimum absolute atomic E-state index is 0.00171. The largest absolute Gasteiger partial charge is 0.504 e. The molecular weight excluding hydrogens is 576 g/mol. The van der Waals surface area contributed by atoms with E-state index in [9.17, 15) is 44.6 Å². The Kier molecular flexibility index (Phi) is 16.0. The maximum absolute atomic E-state index is 13.4. The molecule has 0 spiro atoms. The van der Waals surface area contributed by atoms with Gasteiger partial charge in [-0.3, -0.25) is 29.6 Å². The van der Waals surface area contributed by atoms with Gasteiger partial charge in [-0.2, -0.15) is 0 Å². The topological polar surface area (TPSA) is 206 Å². The summed E-state index contributed by atoms with van der Waals surface area (Å²) in [6.45, 7) is 2.26. The van der Waals surface area contributed by atoms with Gasteiger partial charge in [-0.25, -0.2) is 14.9 Å². The Balaban J connectivity index is 2.15. The number of phenols is 2. The number of aromatic hydroxyl groups is 2. The first-order valence-corrected chi connectivity index (χ1v) is 15.3. The minimum Gasteiger partial charge on any atom is -0.504 e. The first kappa shape index (κ1) is 36.3. The number of hydroxylamine groups is 4. The molecule has 1 aromatic rings. The van der Waals surface area contributed by atoms with Crippen molar-refractivity contribution in [2.24, 2.45) is 0 Å². The van der Waals surface area contributed by atoms with E-state index in [0.29, 0.717) is 55.1 Å². The molecule has 1 heterocycles. The van der Waals surface area contributed by atoms with Gasteiger partial charge < -0.3 is 25.6 Å². The van der Waals surface area contributed by atoms with E-state index in [0.717, 1.165) is 25.7 Å². The monoisotopic (exact) mass is 622 g/mol. The average Bonchev–Trinajstić information content (AvgIpc) is 3.15. The Bertz CT molecular complexity index is 1100. The second-order valence-corrected chi connectivity index (χ2v) is 11.0. The number of unbranched alkanes of at least 4 members (excludes halogenated alkanes) is 5. The van der Waals surface area contributed by atoms with E-state index in [4.69, 9.17) is 4.74 Å². The molecule has 6 N–H and O–H groups in total. The van der Waals surface area contributed by atoms with Crippen LogP contribution in [0, 0.1) is 0 Å². The molecule has 2 rings (SSSR count). The first-order valence-electron chi connectivity index (χ1n) is 15.3. The number of para-hydroxylation sites is 1. The highest BCUT2D eigenvalue weighted by molar-refractivity contribution is 5.99. The molecule has 0 unspecified atom stereocenters. The van der Waals surface area contributed by atoms with Crippen LogP contribution in [0.15, 0.2) is 18.2 Å².